The second-order valence-corrected chi connectivity index (χ2v) is 6.13. The molecule has 114 valence electrons. The molecule has 21 heavy (non-hydrogen) atoms. The number of thioether (sulfide) groups is 1. The largest absolute Gasteiger partial charge is 0.481 e. The molecule has 0 aliphatic heterocycles. The molecule has 1 saturated carbocycles. The Morgan fingerprint density at radius 3 is 2.52 bits per heavy atom. The SMILES string of the molecule is O=C(CSc1ccc(F)c(F)c1)NCC1(C(=O)O)CCC1. The van der Waals surface area contributed by atoms with E-state index in [1.54, 1.807) is 0 Å². The number of rotatable bonds is 6. The molecule has 0 spiro atoms. The van der Waals surface area contributed by atoms with Crippen LogP contribution in [0.5, 0.6) is 0 Å². The lowest BCUT2D eigenvalue weighted by Gasteiger charge is -2.37. The first-order chi connectivity index (χ1) is 9.93. The van der Waals surface area contributed by atoms with Gasteiger partial charge in [-0.2, -0.15) is 0 Å². The summed E-state index contributed by atoms with van der Waals surface area (Å²) in [5.41, 5.74) is -0.831. The van der Waals surface area contributed by atoms with E-state index in [4.69, 9.17) is 5.11 Å². The lowest BCUT2D eigenvalue weighted by atomic mass is 9.69. The zero-order chi connectivity index (χ0) is 15.5. The number of carbonyl (C=O) groups is 2. The van der Waals surface area contributed by atoms with E-state index in [1.807, 2.05) is 0 Å². The van der Waals surface area contributed by atoms with Gasteiger partial charge in [-0.3, -0.25) is 9.59 Å². The number of hydrogen-bond acceptors (Lipinski definition) is 3. The number of benzene rings is 1. The molecule has 7 heteroatoms. The third kappa shape index (κ3) is 3.72. The first-order valence-corrected chi connectivity index (χ1v) is 7.49. The maximum absolute atomic E-state index is 13.0. The molecule has 1 aromatic rings. The zero-order valence-electron chi connectivity index (χ0n) is 11.2. The molecular weight excluding hydrogens is 300 g/mol. The highest BCUT2D eigenvalue weighted by atomic mass is 32.2. The molecule has 2 rings (SSSR count). The van der Waals surface area contributed by atoms with Gasteiger partial charge in [-0.15, -0.1) is 11.8 Å². The molecule has 0 atom stereocenters. The second kappa shape index (κ2) is 6.43. The fourth-order valence-electron chi connectivity index (χ4n) is 2.10. The van der Waals surface area contributed by atoms with Crippen molar-refractivity contribution in [2.45, 2.75) is 24.2 Å². The molecule has 0 unspecified atom stereocenters. The van der Waals surface area contributed by atoms with E-state index in [2.05, 4.69) is 5.32 Å². The Labute approximate surface area is 124 Å². The molecule has 0 bridgehead atoms. The van der Waals surface area contributed by atoms with E-state index in [9.17, 15) is 18.4 Å². The highest BCUT2D eigenvalue weighted by Crippen LogP contribution is 2.40. The number of halogens is 2. The molecular formula is C14H15F2NO3S. The number of nitrogens with one attached hydrogen (secondary N) is 1. The minimum absolute atomic E-state index is 0.0285. The van der Waals surface area contributed by atoms with Crippen LogP contribution >= 0.6 is 11.8 Å². The van der Waals surface area contributed by atoms with Crippen molar-refractivity contribution in [2.24, 2.45) is 5.41 Å². The molecule has 0 radical (unpaired) electrons. The summed E-state index contributed by atoms with van der Waals surface area (Å²) >= 11 is 1.07. The fraction of sp³-hybridized carbons (Fsp3) is 0.429. The quantitative estimate of drug-likeness (QED) is 0.791. The summed E-state index contributed by atoms with van der Waals surface area (Å²) < 4.78 is 25.7. The lowest BCUT2D eigenvalue weighted by Crippen LogP contribution is -2.47. The van der Waals surface area contributed by atoms with Crippen molar-refractivity contribution in [3.8, 4) is 0 Å². The van der Waals surface area contributed by atoms with Crippen molar-refractivity contribution >= 4 is 23.6 Å². The number of amides is 1. The summed E-state index contributed by atoms with van der Waals surface area (Å²) in [7, 11) is 0. The van der Waals surface area contributed by atoms with Crippen LogP contribution in [0, 0.1) is 17.0 Å². The fourth-order valence-corrected chi connectivity index (χ4v) is 2.86. The van der Waals surface area contributed by atoms with Crippen molar-refractivity contribution in [3.05, 3.63) is 29.8 Å². The van der Waals surface area contributed by atoms with Crippen molar-refractivity contribution in [1.29, 1.82) is 0 Å². The lowest BCUT2D eigenvalue weighted by molar-refractivity contribution is -0.154. The third-order valence-corrected chi connectivity index (χ3v) is 4.64. The van der Waals surface area contributed by atoms with Crippen molar-refractivity contribution in [2.75, 3.05) is 12.3 Å². The topological polar surface area (TPSA) is 66.4 Å². The van der Waals surface area contributed by atoms with Gasteiger partial charge in [-0.25, -0.2) is 8.78 Å². The van der Waals surface area contributed by atoms with E-state index >= 15 is 0 Å². The predicted octanol–water partition coefficient (Wildman–Crippen LogP) is 2.43. The maximum Gasteiger partial charge on any atom is 0.311 e. The van der Waals surface area contributed by atoms with Gasteiger partial charge < -0.3 is 10.4 Å². The van der Waals surface area contributed by atoms with E-state index in [0.717, 1.165) is 30.3 Å². The molecule has 1 amide bonds. The minimum atomic E-state index is -0.959. The molecule has 0 saturated heterocycles. The molecule has 0 aromatic heterocycles. The van der Waals surface area contributed by atoms with E-state index in [0.29, 0.717) is 17.7 Å². The van der Waals surface area contributed by atoms with Crippen LogP contribution in [0.2, 0.25) is 0 Å². The van der Waals surface area contributed by atoms with Gasteiger partial charge >= 0.3 is 5.97 Å². The van der Waals surface area contributed by atoms with Gasteiger partial charge in [0.1, 0.15) is 0 Å². The Kier molecular flexibility index (Phi) is 4.82. The summed E-state index contributed by atoms with van der Waals surface area (Å²) in [5.74, 6) is -3.07. The van der Waals surface area contributed by atoms with E-state index < -0.39 is 23.0 Å². The van der Waals surface area contributed by atoms with E-state index in [1.165, 1.54) is 6.07 Å². The van der Waals surface area contributed by atoms with Gasteiger partial charge in [-0.05, 0) is 31.0 Å². The highest BCUT2D eigenvalue weighted by Gasteiger charge is 2.44. The smallest absolute Gasteiger partial charge is 0.311 e. The van der Waals surface area contributed by atoms with Gasteiger partial charge in [0.15, 0.2) is 11.6 Å². The predicted molar refractivity (Wildman–Crippen MR) is 74.0 cm³/mol. The van der Waals surface area contributed by atoms with Crippen LogP contribution in [0.25, 0.3) is 0 Å². The molecule has 4 nitrogen and oxygen atoms in total. The number of aliphatic carboxylic acids is 1. The van der Waals surface area contributed by atoms with Crippen LogP contribution in [0.3, 0.4) is 0 Å². The minimum Gasteiger partial charge on any atom is -0.481 e. The Bertz CT molecular complexity index is 561. The Morgan fingerprint density at radius 2 is 2.00 bits per heavy atom. The summed E-state index contributed by atoms with van der Waals surface area (Å²) in [6.07, 6.45) is 1.99. The van der Waals surface area contributed by atoms with Gasteiger partial charge in [0.2, 0.25) is 5.91 Å². The van der Waals surface area contributed by atoms with Crippen LogP contribution in [0.1, 0.15) is 19.3 Å². The Hall–Kier alpha value is -1.63. The normalized spacial score (nSPS) is 16.1. The molecule has 1 aliphatic carbocycles. The third-order valence-electron chi connectivity index (χ3n) is 3.65. The average molecular weight is 315 g/mol. The first-order valence-electron chi connectivity index (χ1n) is 6.51. The van der Waals surface area contributed by atoms with Crippen molar-refractivity contribution < 1.29 is 23.5 Å². The summed E-state index contributed by atoms with van der Waals surface area (Å²) in [4.78, 5) is 23.3. The van der Waals surface area contributed by atoms with Gasteiger partial charge in [0.25, 0.3) is 0 Å². The molecule has 1 aromatic carbocycles. The van der Waals surface area contributed by atoms with Gasteiger partial charge in [0, 0.05) is 11.4 Å². The van der Waals surface area contributed by atoms with Crippen LogP contribution in [-0.2, 0) is 9.59 Å². The van der Waals surface area contributed by atoms with E-state index in [-0.39, 0.29) is 18.2 Å². The summed E-state index contributed by atoms with van der Waals surface area (Å²) in [6.45, 7) is 0.111. The Balaban J connectivity index is 1.79. The van der Waals surface area contributed by atoms with Gasteiger partial charge in [-0.1, -0.05) is 6.42 Å². The van der Waals surface area contributed by atoms with Crippen LogP contribution in [0.15, 0.2) is 23.1 Å². The van der Waals surface area contributed by atoms with Crippen LogP contribution in [-0.4, -0.2) is 29.3 Å². The number of hydrogen-bond donors (Lipinski definition) is 2. The molecule has 0 heterocycles. The van der Waals surface area contributed by atoms with Crippen molar-refractivity contribution in [1.82, 2.24) is 5.32 Å². The second-order valence-electron chi connectivity index (χ2n) is 5.08. The monoisotopic (exact) mass is 315 g/mol. The summed E-state index contributed by atoms with van der Waals surface area (Å²) in [6, 6.07) is 3.42. The molecule has 2 N–H and O–H groups in total. The summed E-state index contributed by atoms with van der Waals surface area (Å²) in [5, 5.41) is 11.7. The Morgan fingerprint density at radius 1 is 1.29 bits per heavy atom. The number of carboxylic acids is 1. The van der Waals surface area contributed by atoms with Crippen molar-refractivity contribution in [3.63, 3.8) is 0 Å². The number of carboxylic acid groups (broad SMARTS) is 1. The van der Waals surface area contributed by atoms with Gasteiger partial charge in [0.05, 0.1) is 11.2 Å². The van der Waals surface area contributed by atoms with Crippen LogP contribution < -0.4 is 5.32 Å². The number of carbonyl (C=O) groups excluding carboxylic acids is 1. The highest BCUT2D eigenvalue weighted by molar-refractivity contribution is 8.00. The first kappa shape index (κ1) is 15.8. The maximum atomic E-state index is 13.0. The standard InChI is InChI=1S/C14H15F2NO3S/c15-10-3-2-9(6-11(10)16)21-7-12(18)17-8-14(13(19)20)4-1-5-14/h2-3,6H,1,4-5,7-8H2,(H,17,18)(H,19,20). The zero-order valence-corrected chi connectivity index (χ0v) is 12.0. The molecule has 1 aliphatic rings. The van der Waals surface area contributed by atoms with Crippen LogP contribution in [0.4, 0.5) is 8.78 Å². The average Bonchev–Trinajstić information content (AvgIpc) is 2.38. The molecule has 1 fully saturated rings.